The number of ether oxygens (including phenoxy) is 1. The molecule has 4 N–H and O–H groups in total. The second-order valence-electron chi connectivity index (χ2n) is 7.87. The van der Waals surface area contributed by atoms with Gasteiger partial charge in [-0.05, 0) is 44.0 Å². The van der Waals surface area contributed by atoms with E-state index in [-0.39, 0.29) is 24.3 Å². The van der Waals surface area contributed by atoms with Gasteiger partial charge in [-0.15, -0.1) is 0 Å². The molecule has 0 aliphatic carbocycles. The minimum absolute atomic E-state index is 0.0162. The van der Waals surface area contributed by atoms with E-state index in [4.69, 9.17) is 22.1 Å². The Bertz CT molecular complexity index is 927. The Morgan fingerprint density at radius 3 is 3.07 bits per heavy atom. The third kappa shape index (κ3) is 5.95. The van der Waals surface area contributed by atoms with Crippen molar-refractivity contribution in [2.45, 2.75) is 44.8 Å². The molecule has 2 aliphatic rings. The number of hydrogen-bond acceptors (Lipinski definition) is 7. The van der Waals surface area contributed by atoms with E-state index in [1.807, 2.05) is 6.07 Å². The predicted molar refractivity (Wildman–Crippen MR) is 117 cm³/mol. The minimum atomic E-state index is -1.09. The summed E-state index contributed by atoms with van der Waals surface area (Å²) in [6.07, 6.45) is 1.22. The van der Waals surface area contributed by atoms with Crippen LogP contribution in [0.2, 0.25) is 5.02 Å². The number of benzene rings is 1. The first-order valence-corrected chi connectivity index (χ1v) is 10.2. The molecule has 8 nitrogen and oxygen atoms in total. The number of carbonyl (C=O) groups is 1. The Morgan fingerprint density at radius 2 is 2.30 bits per heavy atom. The zero-order valence-corrected chi connectivity index (χ0v) is 17.9. The van der Waals surface area contributed by atoms with Crippen molar-refractivity contribution in [1.82, 2.24) is 4.90 Å². The van der Waals surface area contributed by atoms with Gasteiger partial charge in [0.2, 0.25) is 11.9 Å². The van der Waals surface area contributed by atoms with Crippen molar-refractivity contribution in [3.05, 3.63) is 28.8 Å². The summed E-state index contributed by atoms with van der Waals surface area (Å²) in [5.74, 6) is 3.50. The number of hydrogen-bond donors (Lipinski definition) is 3. The number of guanidine groups is 1. The van der Waals surface area contributed by atoms with E-state index in [0.717, 1.165) is 12.0 Å². The Balaban J connectivity index is 1.90. The molecular weight excluding hydrogens is 406 g/mol. The Hall–Kier alpha value is -2.60. The maximum absolute atomic E-state index is 12.2. The zero-order valence-electron chi connectivity index (χ0n) is 17.1. The highest BCUT2D eigenvalue weighted by atomic mass is 35.5. The Morgan fingerprint density at radius 1 is 1.50 bits per heavy atom. The number of amides is 1. The van der Waals surface area contributed by atoms with E-state index in [1.165, 1.54) is 0 Å². The molecule has 1 saturated heterocycles. The third-order valence-corrected chi connectivity index (χ3v) is 4.99. The van der Waals surface area contributed by atoms with Crippen LogP contribution in [-0.4, -0.2) is 53.1 Å². The van der Waals surface area contributed by atoms with Gasteiger partial charge < -0.3 is 25.8 Å². The number of anilines is 1. The zero-order chi connectivity index (χ0) is 21.7. The van der Waals surface area contributed by atoms with Gasteiger partial charge >= 0.3 is 0 Å². The molecule has 1 aromatic carbocycles. The van der Waals surface area contributed by atoms with Crippen LogP contribution in [0.4, 0.5) is 5.69 Å². The van der Waals surface area contributed by atoms with Crippen molar-refractivity contribution in [1.29, 1.82) is 0 Å². The average Bonchev–Trinajstić information content (AvgIpc) is 3.01. The number of nitrogens with zero attached hydrogens (tertiary/aromatic N) is 3. The lowest BCUT2D eigenvalue weighted by Crippen LogP contribution is -2.37. The molecular formula is C21H26ClN5O3. The molecule has 1 aromatic rings. The van der Waals surface area contributed by atoms with E-state index < -0.39 is 5.60 Å². The first-order chi connectivity index (χ1) is 14.2. The van der Waals surface area contributed by atoms with Crippen LogP contribution in [0.1, 0.15) is 44.7 Å². The van der Waals surface area contributed by atoms with Gasteiger partial charge in [-0.25, -0.2) is 0 Å². The van der Waals surface area contributed by atoms with Crippen molar-refractivity contribution in [3.63, 3.8) is 0 Å². The number of nitrogens with two attached hydrogens (primary N) is 1. The van der Waals surface area contributed by atoms with Gasteiger partial charge in [0.05, 0.1) is 31.1 Å². The van der Waals surface area contributed by atoms with Crippen LogP contribution in [-0.2, 0) is 9.53 Å². The molecule has 1 amide bonds. The van der Waals surface area contributed by atoms with Gasteiger partial charge in [-0.1, -0.05) is 17.5 Å². The minimum Gasteiger partial charge on any atom is -0.390 e. The van der Waals surface area contributed by atoms with Gasteiger partial charge in [0.15, 0.2) is 0 Å². The summed E-state index contributed by atoms with van der Waals surface area (Å²) in [7, 11) is 0. The molecule has 1 fully saturated rings. The van der Waals surface area contributed by atoms with E-state index >= 15 is 0 Å². The van der Waals surface area contributed by atoms with Crippen LogP contribution < -0.4 is 11.1 Å². The van der Waals surface area contributed by atoms with Gasteiger partial charge in [-0.2, -0.15) is 9.98 Å². The quantitative estimate of drug-likeness (QED) is 0.633. The lowest BCUT2D eigenvalue weighted by atomic mass is 10.0. The molecule has 0 saturated carbocycles. The standard InChI is InChI=1S/C21H26ClN5O3/c1-21(2,29)12-19(28)25-14-6-7-16(22)15(11-14)17-13-30-10-4-9-27(17)18-5-3-8-24-20(23)26-18/h6-7,11,17,29H,4-5,9-10,12-13H2,1-2H3,(H2,23,24)(H,25,28). The van der Waals surface area contributed by atoms with Crippen molar-refractivity contribution in [3.8, 4) is 12.0 Å². The fourth-order valence-corrected chi connectivity index (χ4v) is 3.64. The SMILES string of the molecule is CC(C)(O)CC(=O)Nc1ccc(Cl)c(C2COCCCN2C2=NC(N)=NC#CC2)c1. The van der Waals surface area contributed by atoms with Gasteiger partial charge in [0, 0.05) is 29.9 Å². The van der Waals surface area contributed by atoms with E-state index in [9.17, 15) is 9.90 Å². The lowest BCUT2D eigenvalue weighted by molar-refractivity contribution is -0.119. The van der Waals surface area contributed by atoms with Crippen molar-refractivity contribution >= 4 is 35.0 Å². The predicted octanol–water partition coefficient (Wildman–Crippen LogP) is 2.28. The first-order valence-electron chi connectivity index (χ1n) is 9.77. The summed E-state index contributed by atoms with van der Waals surface area (Å²) in [6.45, 7) is 4.90. The van der Waals surface area contributed by atoms with Crippen LogP contribution >= 0.6 is 11.6 Å². The van der Waals surface area contributed by atoms with Crippen LogP contribution in [0.5, 0.6) is 0 Å². The molecule has 0 bridgehead atoms. The second kappa shape index (κ2) is 9.47. The molecule has 160 valence electrons. The van der Waals surface area contributed by atoms with Gasteiger partial charge in [0.25, 0.3) is 0 Å². The van der Waals surface area contributed by atoms with Crippen LogP contribution in [0.25, 0.3) is 0 Å². The number of carbonyl (C=O) groups excluding carboxylic acids is 1. The maximum atomic E-state index is 12.2. The number of aliphatic hydroxyl groups is 1. The number of aliphatic imine (C=N–C) groups is 2. The maximum Gasteiger partial charge on any atom is 0.230 e. The molecule has 2 heterocycles. The van der Waals surface area contributed by atoms with Crippen molar-refractivity contribution in [2.75, 3.05) is 25.1 Å². The van der Waals surface area contributed by atoms with E-state index in [2.05, 4.69) is 32.2 Å². The number of amidine groups is 1. The van der Waals surface area contributed by atoms with Gasteiger partial charge in [-0.3, -0.25) is 4.79 Å². The summed E-state index contributed by atoms with van der Waals surface area (Å²) in [5, 5.41) is 13.3. The largest absolute Gasteiger partial charge is 0.390 e. The Kier molecular flexibility index (Phi) is 6.98. The summed E-state index contributed by atoms with van der Waals surface area (Å²) >= 11 is 6.54. The van der Waals surface area contributed by atoms with Gasteiger partial charge in [0.1, 0.15) is 5.84 Å². The molecule has 1 atom stereocenters. The van der Waals surface area contributed by atoms with Crippen LogP contribution in [0, 0.1) is 12.0 Å². The normalized spacial score (nSPS) is 19.6. The van der Waals surface area contributed by atoms with Crippen molar-refractivity contribution in [2.24, 2.45) is 15.7 Å². The molecule has 0 spiro atoms. The summed E-state index contributed by atoms with van der Waals surface area (Å²) in [5.41, 5.74) is 6.13. The molecule has 30 heavy (non-hydrogen) atoms. The smallest absolute Gasteiger partial charge is 0.230 e. The average molecular weight is 432 g/mol. The lowest BCUT2D eigenvalue weighted by Gasteiger charge is -2.32. The van der Waals surface area contributed by atoms with Crippen LogP contribution in [0.15, 0.2) is 28.2 Å². The molecule has 9 heteroatoms. The number of halogens is 1. The monoisotopic (exact) mass is 431 g/mol. The highest BCUT2D eigenvalue weighted by Crippen LogP contribution is 2.33. The summed E-state index contributed by atoms with van der Waals surface area (Å²) in [4.78, 5) is 22.6. The number of rotatable bonds is 4. The number of nitrogens with one attached hydrogen (secondary N) is 1. The third-order valence-electron chi connectivity index (χ3n) is 4.64. The Labute approximate surface area is 181 Å². The van der Waals surface area contributed by atoms with Crippen LogP contribution in [0.3, 0.4) is 0 Å². The first kappa shape index (κ1) is 22.1. The van der Waals surface area contributed by atoms with E-state index in [0.29, 0.717) is 42.7 Å². The highest BCUT2D eigenvalue weighted by Gasteiger charge is 2.28. The molecule has 0 aromatic heterocycles. The molecule has 2 aliphatic heterocycles. The molecule has 1 unspecified atom stereocenters. The summed E-state index contributed by atoms with van der Waals surface area (Å²) in [6, 6.07) is 7.72. The second-order valence-corrected chi connectivity index (χ2v) is 8.28. The fraction of sp³-hybridized carbons (Fsp3) is 0.476. The fourth-order valence-electron chi connectivity index (χ4n) is 3.40. The molecule has 0 radical (unpaired) electrons. The molecule has 3 rings (SSSR count). The van der Waals surface area contributed by atoms with Crippen molar-refractivity contribution < 1.29 is 14.6 Å². The highest BCUT2D eigenvalue weighted by molar-refractivity contribution is 6.31. The van der Waals surface area contributed by atoms with E-state index in [1.54, 1.807) is 26.0 Å². The topological polar surface area (TPSA) is 113 Å². The summed E-state index contributed by atoms with van der Waals surface area (Å²) < 4.78 is 5.81.